The van der Waals surface area contributed by atoms with Crippen molar-refractivity contribution < 1.29 is 23.1 Å². The van der Waals surface area contributed by atoms with Crippen LogP contribution in [0, 0.1) is 0 Å². The van der Waals surface area contributed by atoms with Gasteiger partial charge in [0.2, 0.25) is 10.0 Å². The number of hydrogen-bond acceptors (Lipinski definition) is 9. The van der Waals surface area contributed by atoms with E-state index in [1.54, 1.807) is 16.8 Å². The fourth-order valence-corrected chi connectivity index (χ4v) is 5.94. The Balaban J connectivity index is 1.42. The standard InChI is InChI=1S/C21H23N5O5S3/c1-34(30,31)25-13-6-9-26(10-7-13)17-5-3-2-4-14(17)22-19(27)16-12-33-21(24-16)23-15-8-11-32-18(15)20(28)29/h2-5,8,11-13,25H,6-7,9-10H2,1H3,(H,22,27)(H,23,24)(H,28,29). The van der Waals surface area contributed by atoms with Crippen LogP contribution >= 0.6 is 22.7 Å². The predicted octanol–water partition coefficient (Wildman–Crippen LogP) is 3.42. The fourth-order valence-electron chi connectivity index (χ4n) is 3.71. The Hall–Kier alpha value is -3.00. The van der Waals surface area contributed by atoms with Crippen molar-refractivity contribution in [1.82, 2.24) is 9.71 Å². The van der Waals surface area contributed by atoms with E-state index in [1.807, 2.05) is 24.3 Å². The van der Waals surface area contributed by atoms with Gasteiger partial charge >= 0.3 is 5.97 Å². The van der Waals surface area contributed by atoms with Gasteiger partial charge in [-0.3, -0.25) is 4.79 Å². The molecule has 1 amide bonds. The number of amides is 1. The molecule has 4 rings (SSSR count). The maximum Gasteiger partial charge on any atom is 0.348 e. The molecule has 1 saturated heterocycles. The lowest BCUT2D eigenvalue weighted by molar-refractivity contribution is 0.0703. The largest absolute Gasteiger partial charge is 0.477 e. The van der Waals surface area contributed by atoms with Crippen molar-refractivity contribution in [2.45, 2.75) is 18.9 Å². The first kappa shape index (κ1) is 24.1. The normalized spacial score (nSPS) is 14.7. The molecule has 0 saturated carbocycles. The van der Waals surface area contributed by atoms with Gasteiger partial charge in [0.1, 0.15) is 10.6 Å². The summed E-state index contributed by atoms with van der Waals surface area (Å²) in [6, 6.07) is 8.99. The highest BCUT2D eigenvalue weighted by atomic mass is 32.2. The first-order valence-electron chi connectivity index (χ1n) is 10.4. The SMILES string of the molecule is CS(=O)(=O)NC1CCN(c2ccccc2NC(=O)c2csc(Nc3ccsc3C(=O)O)n2)CC1. The van der Waals surface area contributed by atoms with E-state index >= 15 is 0 Å². The molecule has 0 aliphatic carbocycles. The van der Waals surface area contributed by atoms with Crippen LogP contribution in [0.1, 0.15) is 33.0 Å². The highest BCUT2D eigenvalue weighted by molar-refractivity contribution is 7.88. The van der Waals surface area contributed by atoms with E-state index in [0.29, 0.717) is 42.4 Å². The van der Waals surface area contributed by atoms with Crippen molar-refractivity contribution in [3.63, 3.8) is 0 Å². The lowest BCUT2D eigenvalue weighted by Gasteiger charge is -2.34. The lowest BCUT2D eigenvalue weighted by Crippen LogP contribution is -2.44. The van der Waals surface area contributed by atoms with Crippen LogP contribution in [-0.4, -0.2) is 55.8 Å². The van der Waals surface area contributed by atoms with Crippen molar-refractivity contribution >= 4 is 66.8 Å². The number of anilines is 4. The number of piperidine rings is 1. The second kappa shape index (κ2) is 10.1. The van der Waals surface area contributed by atoms with Crippen molar-refractivity contribution in [2.75, 3.05) is 34.9 Å². The maximum absolute atomic E-state index is 12.9. The fraction of sp³-hybridized carbons (Fsp3) is 0.286. The minimum absolute atomic E-state index is 0.0983. The summed E-state index contributed by atoms with van der Waals surface area (Å²) in [5, 5.41) is 18.8. The number of nitrogens with one attached hydrogen (secondary N) is 3. The molecule has 180 valence electrons. The Kier molecular flexibility index (Phi) is 7.16. The second-order valence-electron chi connectivity index (χ2n) is 7.75. The molecule has 4 N–H and O–H groups in total. The van der Waals surface area contributed by atoms with Gasteiger partial charge in [0.15, 0.2) is 5.13 Å². The number of benzene rings is 1. The van der Waals surface area contributed by atoms with Gasteiger partial charge in [-0.15, -0.1) is 22.7 Å². The summed E-state index contributed by atoms with van der Waals surface area (Å²) in [6.45, 7) is 1.30. The monoisotopic (exact) mass is 521 g/mol. The van der Waals surface area contributed by atoms with Crippen molar-refractivity contribution in [2.24, 2.45) is 0 Å². The third kappa shape index (κ3) is 5.91. The van der Waals surface area contributed by atoms with Gasteiger partial charge in [-0.1, -0.05) is 12.1 Å². The lowest BCUT2D eigenvalue weighted by atomic mass is 10.0. The molecule has 1 aromatic carbocycles. The minimum Gasteiger partial charge on any atom is -0.477 e. The Morgan fingerprint density at radius 2 is 1.85 bits per heavy atom. The van der Waals surface area contributed by atoms with Crippen LogP contribution in [-0.2, 0) is 10.0 Å². The van der Waals surface area contributed by atoms with Crippen LogP contribution in [0.2, 0.25) is 0 Å². The van der Waals surface area contributed by atoms with E-state index in [4.69, 9.17) is 0 Å². The zero-order valence-electron chi connectivity index (χ0n) is 18.1. The number of thiazole rings is 1. The molecule has 2 aromatic heterocycles. The van der Waals surface area contributed by atoms with Crippen molar-refractivity contribution in [3.05, 3.63) is 51.7 Å². The Morgan fingerprint density at radius 3 is 2.56 bits per heavy atom. The molecule has 3 heterocycles. The number of carboxylic acids is 1. The number of hydrogen-bond donors (Lipinski definition) is 4. The van der Waals surface area contributed by atoms with E-state index in [-0.39, 0.29) is 22.5 Å². The van der Waals surface area contributed by atoms with Gasteiger partial charge in [-0.25, -0.2) is 22.9 Å². The molecule has 0 radical (unpaired) electrons. The smallest absolute Gasteiger partial charge is 0.348 e. The third-order valence-corrected chi connectivity index (χ3v) is 7.63. The van der Waals surface area contributed by atoms with Crippen LogP contribution in [0.15, 0.2) is 41.1 Å². The van der Waals surface area contributed by atoms with Gasteiger partial charge in [0, 0.05) is 24.5 Å². The molecule has 0 unspecified atom stereocenters. The van der Waals surface area contributed by atoms with E-state index in [0.717, 1.165) is 23.3 Å². The van der Waals surface area contributed by atoms with Gasteiger partial charge in [-0.05, 0) is 36.4 Å². The summed E-state index contributed by atoms with van der Waals surface area (Å²) in [6.07, 6.45) is 2.49. The quantitative estimate of drug-likeness (QED) is 0.353. The van der Waals surface area contributed by atoms with Crippen LogP contribution in [0.5, 0.6) is 0 Å². The second-order valence-corrected chi connectivity index (χ2v) is 11.3. The van der Waals surface area contributed by atoms with Crippen molar-refractivity contribution in [3.8, 4) is 0 Å². The number of sulfonamides is 1. The Labute approximate surface area is 204 Å². The Bertz CT molecular complexity index is 1300. The molecule has 1 aliphatic heterocycles. The summed E-state index contributed by atoms with van der Waals surface area (Å²) in [7, 11) is -3.25. The van der Waals surface area contributed by atoms with Gasteiger partial charge in [-0.2, -0.15) is 0 Å². The number of carbonyl (C=O) groups is 2. The van der Waals surface area contributed by atoms with E-state index in [9.17, 15) is 23.1 Å². The molecular weight excluding hydrogens is 498 g/mol. The summed E-state index contributed by atoms with van der Waals surface area (Å²) in [4.78, 5) is 30.7. The zero-order chi connectivity index (χ0) is 24.3. The van der Waals surface area contributed by atoms with E-state index < -0.39 is 16.0 Å². The predicted molar refractivity (Wildman–Crippen MR) is 134 cm³/mol. The average Bonchev–Trinajstić information content (AvgIpc) is 3.44. The van der Waals surface area contributed by atoms with E-state index in [2.05, 4.69) is 25.2 Å². The number of aromatic carboxylic acids is 1. The molecule has 0 atom stereocenters. The molecular formula is C21H23N5O5S3. The Morgan fingerprint density at radius 1 is 1.12 bits per heavy atom. The summed E-state index contributed by atoms with van der Waals surface area (Å²) in [5.74, 6) is -1.41. The molecule has 3 aromatic rings. The highest BCUT2D eigenvalue weighted by Crippen LogP contribution is 2.30. The molecule has 34 heavy (non-hydrogen) atoms. The summed E-state index contributed by atoms with van der Waals surface area (Å²) < 4.78 is 25.6. The topological polar surface area (TPSA) is 141 Å². The van der Waals surface area contributed by atoms with Crippen LogP contribution in [0.25, 0.3) is 0 Å². The summed E-state index contributed by atoms with van der Waals surface area (Å²) in [5.41, 5.74) is 2.13. The zero-order valence-corrected chi connectivity index (χ0v) is 20.6. The third-order valence-electron chi connectivity index (χ3n) is 5.21. The maximum atomic E-state index is 12.9. The van der Waals surface area contributed by atoms with Gasteiger partial charge < -0.3 is 20.6 Å². The molecule has 13 heteroatoms. The number of carboxylic acid groups (broad SMARTS) is 1. The summed E-state index contributed by atoms with van der Waals surface area (Å²) >= 11 is 2.31. The first-order valence-corrected chi connectivity index (χ1v) is 14.0. The number of para-hydroxylation sites is 2. The van der Waals surface area contributed by atoms with Crippen LogP contribution in [0.4, 0.5) is 22.2 Å². The molecule has 0 bridgehead atoms. The number of carbonyl (C=O) groups excluding carboxylic acids is 1. The highest BCUT2D eigenvalue weighted by Gasteiger charge is 2.24. The number of aromatic nitrogens is 1. The average molecular weight is 522 g/mol. The molecule has 0 spiro atoms. The van der Waals surface area contributed by atoms with Gasteiger partial charge in [0.05, 0.1) is 23.3 Å². The number of nitrogens with zero attached hydrogens (tertiary/aromatic N) is 2. The first-order chi connectivity index (χ1) is 16.2. The van der Waals surface area contributed by atoms with Crippen LogP contribution in [0.3, 0.4) is 0 Å². The van der Waals surface area contributed by atoms with Crippen LogP contribution < -0.4 is 20.3 Å². The molecule has 1 aliphatic rings. The molecule has 10 nitrogen and oxygen atoms in total. The van der Waals surface area contributed by atoms with E-state index in [1.165, 1.54) is 11.3 Å². The minimum atomic E-state index is -3.25. The van der Waals surface area contributed by atoms with Crippen molar-refractivity contribution in [1.29, 1.82) is 0 Å². The number of rotatable bonds is 8. The number of thiophene rings is 1. The molecule has 1 fully saturated rings. The van der Waals surface area contributed by atoms with Gasteiger partial charge in [0.25, 0.3) is 5.91 Å².